The monoisotopic (exact) mass is 174 g/mol. The summed E-state index contributed by atoms with van der Waals surface area (Å²) in [6.45, 7) is 3.47. The molecule has 0 N–H and O–H groups in total. The van der Waals surface area contributed by atoms with Gasteiger partial charge in [-0.25, -0.2) is 0 Å². The van der Waals surface area contributed by atoms with Gasteiger partial charge in [0.25, 0.3) is 5.69 Å². The summed E-state index contributed by atoms with van der Waals surface area (Å²) in [5.74, 6) is 0. The summed E-state index contributed by atoms with van der Waals surface area (Å²) in [6.07, 6.45) is 1.47. The van der Waals surface area contributed by atoms with E-state index in [9.17, 15) is 10.1 Å². The van der Waals surface area contributed by atoms with E-state index in [4.69, 9.17) is 5.26 Å². The molecule has 1 aromatic carbocycles. The fourth-order valence-corrected chi connectivity index (χ4v) is 0.922. The van der Waals surface area contributed by atoms with Crippen LogP contribution in [0.3, 0.4) is 0 Å². The molecular weight excluding hydrogens is 168 g/mol. The smallest absolute Gasteiger partial charge is 0.258 e. The van der Waals surface area contributed by atoms with Crippen molar-refractivity contribution in [3.05, 3.63) is 46.0 Å². The summed E-state index contributed by atoms with van der Waals surface area (Å²) in [4.78, 5) is 9.87. The summed E-state index contributed by atoms with van der Waals surface area (Å²) in [5, 5.41) is 19.0. The Labute approximate surface area is 74.9 Å². The van der Waals surface area contributed by atoms with Crippen molar-refractivity contribution in [2.75, 3.05) is 0 Å². The lowest BCUT2D eigenvalue weighted by Gasteiger charge is -1.95. The number of nitro benzene ring substituents is 1. The SMILES string of the molecule is C=Cc1cc(C#N)cc([N+](=O)[O-])c1. The quantitative estimate of drug-likeness (QED) is 0.509. The molecule has 1 rings (SSSR count). The van der Waals surface area contributed by atoms with Crippen LogP contribution >= 0.6 is 0 Å². The first-order valence-electron chi connectivity index (χ1n) is 3.49. The first-order chi connectivity index (χ1) is 6.17. The molecule has 4 heteroatoms. The van der Waals surface area contributed by atoms with Crippen LogP contribution in [-0.4, -0.2) is 4.92 Å². The lowest BCUT2D eigenvalue weighted by Crippen LogP contribution is -1.89. The van der Waals surface area contributed by atoms with Gasteiger partial charge in [0.2, 0.25) is 0 Å². The van der Waals surface area contributed by atoms with Crippen LogP contribution in [0.2, 0.25) is 0 Å². The second kappa shape index (κ2) is 3.50. The van der Waals surface area contributed by atoms with Gasteiger partial charge in [-0.15, -0.1) is 0 Å². The number of benzene rings is 1. The summed E-state index contributed by atoms with van der Waals surface area (Å²) < 4.78 is 0. The largest absolute Gasteiger partial charge is 0.271 e. The number of hydrogen-bond donors (Lipinski definition) is 0. The minimum atomic E-state index is -0.534. The van der Waals surface area contributed by atoms with Crippen molar-refractivity contribution < 1.29 is 4.92 Å². The molecule has 0 bridgehead atoms. The van der Waals surface area contributed by atoms with E-state index in [0.717, 1.165) is 0 Å². The lowest BCUT2D eigenvalue weighted by atomic mass is 10.1. The van der Waals surface area contributed by atoms with Gasteiger partial charge in [0.1, 0.15) is 0 Å². The van der Waals surface area contributed by atoms with Gasteiger partial charge in [0.15, 0.2) is 0 Å². The van der Waals surface area contributed by atoms with Crippen molar-refractivity contribution in [3.63, 3.8) is 0 Å². The third kappa shape index (κ3) is 1.91. The van der Waals surface area contributed by atoms with Crippen molar-refractivity contribution in [2.24, 2.45) is 0 Å². The summed E-state index contributed by atoms with van der Waals surface area (Å²) in [6, 6.07) is 5.98. The highest BCUT2D eigenvalue weighted by atomic mass is 16.6. The molecule has 0 saturated carbocycles. The topological polar surface area (TPSA) is 66.9 Å². The average Bonchev–Trinajstić information content (AvgIpc) is 2.16. The minimum Gasteiger partial charge on any atom is -0.258 e. The molecule has 0 heterocycles. The van der Waals surface area contributed by atoms with E-state index in [-0.39, 0.29) is 11.3 Å². The van der Waals surface area contributed by atoms with Gasteiger partial charge in [0.05, 0.1) is 16.6 Å². The maximum Gasteiger partial charge on any atom is 0.271 e. The summed E-state index contributed by atoms with van der Waals surface area (Å²) in [5.41, 5.74) is 0.754. The minimum absolute atomic E-state index is 0.0889. The van der Waals surface area contributed by atoms with Gasteiger partial charge in [-0.1, -0.05) is 12.7 Å². The zero-order valence-electron chi connectivity index (χ0n) is 6.73. The average molecular weight is 174 g/mol. The van der Waals surface area contributed by atoms with Gasteiger partial charge in [-0.2, -0.15) is 5.26 Å². The highest BCUT2D eigenvalue weighted by Crippen LogP contribution is 2.17. The van der Waals surface area contributed by atoms with E-state index in [0.29, 0.717) is 5.56 Å². The molecule has 0 aliphatic heterocycles. The molecule has 64 valence electrons. The molecule has 0 aliphatic carbocycles. The Balaban J connectivity index is 3.32. The molecule has 13 heavy (non-hydrogen) atoms. The second-order valence-corrected chi connectivity index (χ2v) is 2.39. The predicted molar refractivity (Wildman–Crippen MR) is 47.9 cm³/mol. The van der Waals surface area contributed by atoms with Gasteiger partial charge in [-0.3, -0.25) is 10.1 Å². The molecule has 0 radical (unpaired) electrons. The maximum atomic E-state index is 10.4. The molecule has 0 amide bonds. The van der Waals surface area contributed by atoms with Gasteiger partial charge in [0, 0.05) is 12.1 Å². The number of nitriles is 1. The van der Waals surface area contributed by atoms with Gasteiger partial charge >= 0.3 is 0 Å². The molecule has 0 spiro atoms. The summed E-state index contributed by atoms with van der Waals surface area (Å²) >= 11 is 0. The van der Waals surface area contributed by atoms with Crippen molar-refractivity contribution >= 4 is 11.8 Å². The molecule has 0 aliphatic rings. The third-order valence-electron chi connectivity index (χ3n) is 1.52. The number of rotatable bonds is 2. The number of nitrogens with zero attached hydrogens (tertiary/aromatic N) is 2. The fourth-order valence-electron chi connectivity index (χ4n) is 0.922. The van der Waals surface area contributed by atoms with E-state index < -0.39 is 4.92 Å². The molecular formula is C9H6N2O2. The number of non-ortho nitro benzene ring substituents is 1. The Kier molecular flexibility index (Phi) is 2.41. The zero-order chi connectivity index (χ0) is 9.84. The Hall–Kier alpha value is -2.15. The van der Waals surface area contributed by atoms with Crippen molar-refractivity contribution in [2.45, 2.75) is 0 Å². The van der Waals surface area contributed by atoms with E-state index in [1.54, 1.807) is 6.07 Å². The first kappa shape index (κ1) is 8.94. The highest BCUT2D eigenvalue weighted by molar-refractivity contribution is 5.56. The Morgan fingerprint density at radius 2 is 2.23 bits per heavy atom. The van der Waals surface area contributed by atoms with Crippen LogP contribution in [0.25, 0.3) is 6.08 Å². The predicted octanol–water partition coefficient (Wildman–Crippen LogP) is 2.11. The number of hydrogen-bond acceptors (Lipinski definition) is 3. The lowest BCUT2D eigenvalue weighted by molar-refractivity contribution is -0.384. The van der Waals surface area contributed by atoms with Crippen molar-refractivity contribution in [1.82, 2.24) is 0 Å². The Bertz CT molecular complexity index is 405. The molecule has 0 unspecified atom stereocenters. The van der Waals surface area contributed by atoms with E-state index in [1.807, 2.05) is 6.07 Å². The first-order valence-corrected chi connectivity index (χ1v) is 3.49. The third-order valence-corrected chi connectivity index (χ3v) is 1.52. The van der Waals surface area contributed by atoms with Crippen LogP contribution in [0.5, 0.6) is 0 Å². The highest BCUT2D eigenvalue weighted by Gasteiger charge is 2.07. The molecule has 0 aromatic heterocycles. The van der Waals surface area contributed by atoms with Crippen LogP contribution in [0.15, 0.2) is 24.8 Å². The Morgan fingerprint density at radius 1 is 1.54 bits per heavy atom. The van der Waals surface area contributed by atoms with Crippen LogP contribution in [0.4, 0.5) is 5.69 Å². The van der Waals surface area contributed by atoms with E-state index in [1.165, 1.54) is 18.2 Å². The fraction of sp³-hybridized carbons (Fsp3) is 0. The molecule has 0 atom stereocenters. The van der Waals surface area contributed by atoms with Crippen LogP contribution in [0, 0.1) is 21.4 Å². The normalized spacial score (nSPS) is 8.85. The van der Waals surface area contributed by atoms with Crippen LogP contribution in [-0.2, 0) is 0 Å². The molecule has 4 nitrogen and oxygen atoms in total. The van der Waals surface area contributed by atoms with Crippen LogP contribution in [0.1, 0.15) is 11.1 Å². The van der Waals surface area contributed by atoms with Crippen molar-refractivity contribution in [1.29, 1.82) is 5.26 Å². The molecule has 0 fully saturated rings. The Morgan fingerprint density at radius 3 is 2.69 bits per heavy atom. The molecule has 0 saturated heterocycles. The van der Waals surface area contributed by atoms with Gasteiger partial charge < -0.3 is 0 Å². The zero-order valence-corrected chi connectivity index (χ0v) is 6.73. The standard InChI is InChI=1S/C9H6N2O2/c1-2-7-3-8(6-10)5-9(4-7)11(12)13/h2-5H,1H2. The summed E-state index contributed by atoms with van der Waals surface area (Å²) in [7, 11) is 0. The van der Waals surface area contributed by atoms with Crippen molar-refractivity contribution in [3.8, 4) is 6.07 Å². The number of nitro groups is 1. The molecule has 1 aromatic rings. The second-order valence-electron chi connectivity index (χ2n) is 2.39. The van der Waals surface area contributed by atoms with E-state index >= 15 is 0 Å². The van der Waals surface area contributed by atoms with Gasteiger partial charge in [-0.05, 0) is 11.6 Å². The van der Waals surface area contributed by atoms with Crippen LogP contribution < -0.4 is 0 Å². The van der Waals surface area contributed by atoms with E-state index in [2.05, 4.69) is 6.58 Å². The maximum absolute atomic E-state index is 10.4.